The van der Waals surface area contributed by atoms with Crippen LogP contribution in [0.5, 0.6) is 0 Å². The Hall–Kier alpha value is -1.64. The SMILES string of the molecule is CC[C@@H]1CC(c2ccccc2)=N[C@@H]1C(=O)O. The van der Waals surface area contributed by atoms with E-state index < -0.39 is 12.0 Å². The van der Waals surface area contributed by atoms with Crippen LogP contribution in [-0.4, -0.2) is 22.8 Å². The number of rotatable bonds is 3. The lowest BCUT2D eigenvalue weighted by Gasteiger charge is -2.10. The minimum atomic E-state index is -0.808. The van der Waals surface area contributed by atoms with Crippen LogP contribution in [0, 0.1) is 5.92 Å². The topological polar surface area (TPSA) is 49.7 Å². The average Bonchev–Trinajstić information content (AvgIpc) is 2.74. The van der Waals surface area contributed by atoms with E-state index in [0.29, 0.717) is 0 Å². The van der Waals surface area contributed by atoms with Crippen molar-refractivity contribution < 1.29 is 9.90 Å². The third-order valence-electron chi connectivity index (χ3n) is 3.08. The zero-order valence-corrected chi connectivity index (χ0v) is 9.26. The maximum absolute atomic E-state index is 11.0. The quantitative estimate of drug-likeness (QED) is 0.844. The van der Waals surface area contributed by atoms with E-state index in [0.717, 1.165) is 24.1 Å². The predicted molar refractivity (Wildman–Crippen MR) is 62.8 cm³/mol. The fourth-order valence-electron chi connectivity index (χ4n) is 2.13. The molecule has 0 unspecified atom stereocenters. The summed E-state index contributed by atoms with van der Waals surface area (Å²) >= 11 is 0. The van der Waals surface area contributed by atoms with Gasteiger partial charge in [0, 0.05) is 5.71 Å². The van der Waals surface area contributed by atoms with E-state index in [-0.39, 0.29) is 5.92 Å². The third kappa shape index (κ3) is 1.98. The molecule has 0 aliphatic carbocycles. The first-order valence-electron chi connectivity index (χ1n) is 5.57. The molecule has 16 heavy (non-hydrogen) atoms. The van der Waals surface area contributed by atoms with Gasteiger partial charge in [-0.05, 0) is 17.9 Å². The molecule has 84 valence electrons. The zero-order valence-electron chi connectivity index (χ0n) is 9.26. The van der Waals surface area contributed by atoms with E-state index in [1.54, 1.807) is 0 Å². The highest BCUT2D eigenvalue weighted by Crippen LogP contribution is 2.27. The lowest BCUT2D eigenvalue weighted by molar-refractivity contribution is -0.139. The van der Waals surface area contributed by atoms with Crippen LogP contribution in [0.2, 0.25) is 0 Å². The number of aliphatic imine (C=N–C) groups is 1. The van der Waals surface area contributed by atoms with Gasteiger partial charge in [-0.15, -0.1) is 0 Å². The summed E-state index contributed by atoms with van der Waals surface area (Å²) in [6, 6.07) is 9.26. The summed E-state index contributed by atoms with van der Waals surface area (Å²) in [5, 5.41) is 9.07. The molecule has 3 nitrogen and oxygen atoms in total. The summed E-state index contributed by atoms with van der Waals surface area (Å²) in [5.74, 6) is -0.662. The molecule has 0 bridgehead atoms. The first-order chi connectivity index (χ1) is 7.72. The van der Waals surface area contributed by atoms with Crippen molar-refractivity contribution in [1.82, 2.24) is 0 Å². The summed E-state index contributed by atoms with van der Waals surface area (Å²) in [6.45, 7) is 2.02. The number of carbonyl (C=O) groups is 1. The molecule has 0 saturated heterocycles. The molecule has 2 rings (SSSR count). The van der Waals surface area contributed by atoms with E-state index in [1.807, 2.05) is 37.3 Å². The minimum Gasteiger partial charge on any atom is -0.480 e. The number of hydrogen-bond donors (Lipinski definition) is 1. The fraction of sp³-hybridized carbons (Fsp3) is 0.385. The van der Waals surface area contributed by atoms with Crippen molar-refractivity contribution in [1.29, 1.82) is 0 Å². The van der Waals surface area contributed by atoms with Crippen LogP contribution >= 0.6 is 0 Å². The first-order valence-corrected chi connectivity index (χ1v) is 5.57. The fourth-order valence-corrected chi connectivity index (χ4v) is 2.13. The van der Waals surface area contributed by atoms with Crippen LogP contribution in [0.25, 0.3) is 0 Å². The van der Waals surface area contributed by atoms with Gasteiger partial charge in [-0.3, -0.25) is 4.99 Å². The normalized spacial score (nSPS) is 24.2. The number of carboxylic acids is 1. The molecule has 0 fully saturated rings. The first kappa shape index (κ1) is 10.9. The Morgan fingerprint density at radius 3 is 2.62 bits per heavy atom. The van der Waals surface area contributed by atoms with Crippen molar-refractivity contribution in [3.8, 4) is 0 Å². The van der Waals surface area contributed by atoms with E-state index in [9.17, 15) is 4.79 Å². The molecule has 1 aliphatic rings. The van der Waals surface area contributed by atoms with Gasteiger partial charge in [0.25, 0.3) is 0 Å². The van der Waals surface area contributed by atoms with Crippen LogP contribution in [0.1, 0.15) is 25.3 Å². The largest absolute Gasteiger partial charge is 0.480 e. The van der Waals surface area contributed by atoms with Crippen LogP contribution in [-0.2, 0) is 4.79 Å². The van der Waals surface area contributed by atoms with Gasteiger partial charge in [0.15, 0.2) is 6.04 Å². The average molecular weight is 217 g/mol. The highest BCUT2D eigenvalue weighted by molar-refractivity contribution is 6.03. The van der Waals surface area contributed by atoms with E-state index in [2.05, 4.69) is 4.99 Å². The second-order valence-electron chi connectivity index (χ2n) is 4.10. The maximum Gasteiger partial charge on any atom is 0.328 e. The smallest absolute Gasteiger partial charge is 0.328 e. The van der Waals surface area contributed by atoms with Crippen molar-refractivity contribution in [2.75, 3.05) is 0 Å². The van der Waals surface area contributed by atoms with Crippen LogP contribution in [0.3, 0.4) is 0 Å². The molecule has 1 heterocycles. The van der Waals surface area contributed by atoms with E-state index in [4.69, 9.17) is 5.11 Å². The molecule has 0 amide bonds. The van der Waals surface area contributed by atoms with Gasteiger partial charge in [-0.1, -0.05) is 43.7 Å². The highest BCUT2D eigenvalue weighted by Gasteiger charge is 2.33. The molecule has 1 aliphatic heterocycles. The number of aliphatic carboxylic acids is 1. The summed E-state index contributed by atoms with van der Waals surface area (Å²) in [6.07, 6.45) is 1.63. The Morgan fingerprint density at radius 2 is 2.12 bits per heavy atom. The molecule has 1 N–H and O–H groups in total. The molecule has 0 spiro atoms. The van der Waals surface area contributed by atoms with Crippen molar-refractivity contribution in [2.24, 2.45) is 10.9 Å². The van der Waals surface area contributed by atoms with Crippen LogP contribution in [0.4, 0.5) is 0 Å². The molecule has 1 aromatic rings. The summed E-state index contributed by atoms with van der Waals surface area (Å²) in [7, 11) is 0. The zero-order chi connectivity index (χ0) is 11.5. The lowest BCUT2D eigenvalue weighted by atomic mass is 9.94. The van der Waals surface area contributed by atoms with Crippen molar-refractivity contribution >= 4 is 11.7 Å². The number of hydrogen-bond acceptors (Lipinski definition) is 2. The van der Waals surface area contributed by atoms with Gasteiger partial charge < -0.3 is 5.11 Å². The molecular formula is C13H15NO2. The number of carboxylic acid groups (broad SMARTS) is 1. The highest BCUT2D eigenvalue weighted by atomic mass is 16.4. The summed E-state index contributed by atoms with van der Waals surface area (Å²) in [4.78, 5) is 15.4. The summed E-state index contributed by atoms with van der Waals surface area (Å²) in [5.41, 5.74) is 1.98. The molecule has 3 heteroatoms. The predicted octanol–water partition coefficient (Wildman–Crippen LogP) is 2.36. The van der Waals surface area contributed by atoms with Crippen molar-refractivity contribution in [3.63, 3.8) is 0 Å². The van der Waals surface area contributed by atoms with Crippen LogP contribution < -0.4 is 0 Å². The Morgan fingerprint density at radius 1 is 1.44 bits per heavy atom. The third-order valence-corrected chi connectivity index (χ3v) is 3.08. The van der Waals surface area contributed by atoms with Gasteiger partial charge >= 0.3 is 5.97 Å². The van der Waals surface area contributed by atoms with Crippen molar-refractivity contribution in [3.05, 3.63) is 35.9 Å². The Labute approximate surface area is 94.8 Å². The van der Waals surface area contributed by atoms with Gasteiger partial charge in [0.05, 0.1) is 0 Å². The number of benzene rings is 1. The maximum atomic E-state index is 11.0. The number of nitrogens with zero attached hydrogens (tertiary/aromatic N) is 1. The Balaban J connectivity index is 2.26. The molecule has 0 aromatic heterocycles. The van der Waals surface area contributed by atoms with Gasteiger partial charge in [0.2, 0.25) is 0 Å². The van der Waals surface area contributed by atoms with Crippen LogP contribution in [0.15, 0.2) is 35.3 Å². The molecule has 2 atom stereocenters. The second-order valence-corrected chi connectivity index (χ2v) is 4.10. The monoisotopic (exact) mass is 217 g/mol. The van der Waals surface area contributed by atoms with Gasteiger partial charge in [-0.2, -0.15) is 0 Å². The van der Waals surface area contributed by atoms with Crippen molar-refractivity contribution in [2.45, 2.75) is 25.8 Å². The molecule has 1 aromatic carbocycles. The van der Waals surface area contributed by atoms with Gasteiger partial charge in [-0.25, -0.2) is 4.79 Å². The van der Waals surface area contributed by atoms with E-state index >= 15 is 0 Å². The molecular weight excluding hydrogens is 202 g/mol. The minimum absolute atomic E-state index is 0.146. The second kappa shape index (κ2) is 4.47. The Bertz CT molecular complexity index is 411. The summed E-state index contributed by atoms with van der Waals surface area (Å²) < 4.78 is 0. The van der Waals surface area contributed by atoms with Gasteiger partial charge in [0.1, 0.15) is 0 Å². The molecule has 0 saturated carbocycles. The van der Waals surface area contributed by atoms with E-state index in [1.165, 1.54) is 0 Å². The molecule has 0 radical (unpaired) electrons. The standard InChI is InChI=1S/C13H15NO2/c1-2-9-8-11(14-12(9)13(15)16)10-6-4-3-5-7-10/h3-7,9,12H,2,8H2,1H3,(H,15,16)/t9-,12+/m1/s1. The Kier molecular flexibility index (Phi) is 3.04. The lowest BCUT2D eigenvalue weighted by Crippen LogP contribution is -2.23.